The number of rotatable bonds is 5. The van der Waals surface area contributed by atoms with Crippen LogP contribution in [-0.4, -0.2) is 42.9 Å². The Bertz CT molecular complexity index is 1310. The molecule has 0 radical (unpaired) electrons. The minimum absolute atomic E-state index is 0.0728. The van der Waals surface area contributed by atoms with Gasteiger partial charge >= 0.3 is 0 Å². The largest absolute Gasteiger partial charge is 0.337 e. The van der Waals surface area contributed by atoms with Crippen molar-refractivity contribution in [3.8, 4) is 17.1 Å². The molecule has 0 fully saturated rings. The van der Waals surface area contributed by atoms with Crippen LogP contribution in [0.1, 0.15) is 11.1 Å². The first-order valence-electron chi connectivity index (χ1n) is 10.4. The third kappa shape index (κ3) is 4.62. The Morgan fingerprint density at radius 2 is 1.76 bits per heavy atom. The van der Waals surface area contributed by atoms with E-state index in [0.717, 1.165) is 24.2 Å². The Kier molecular flexibility index (Phi) is 6.35. The number of thioether (sulfide) groups is 1. The fourth-order valence-corrected chi connectivity index (χ4v) is 4.98. The molecule has 5 rings (SSSR count). The van der Waals surface area contributed by atoms with E-state index in [4.69, 9.17) is 23.2 Å². The highest BCUT2D eigenvalue weighted by molar-refractivity contribution is 7.99. The van der Waals surface area contributed by atoms with Gasteiger partial charge in [-0.25, -0.2) is 0 Å². The quantitative estimate of drug-likeness (QED) is 0.351. The molecule has 166 valence electrons. The van der Waals surface area contributed by atoms with Crippen LogP contribution in [-0.2, 0) is 17.8 Å². The van der Waals surface area contributed by atoms with Crippen molar-refractivity contribution in [3.05, 3.63) is 88.2 Å². The highest BCUT2D eigenvalue weighted by Crippen LogP contribution is 2.31. The van der Waals surface area contributed by atoms with Gasteiger partial charge in [0.2, 0.25) is 5.91 Å². The number of benzene rings is 2. The zero-order valence-corrected chi connectivity index (χ0v) is 19.8. The van der Waals surface area contributed by atoms with E-state index >= 15 is 0 Å². The number of hydrogen-bond acceptors (Lipinski definition) is 5. The fourth-order valence-electron chi connectivity index (χ4n) is 3.83. The molecule has 1 amide bonds. The van der Waals surface area contributed by atoms with Crippen LogP contribution in [0, 0.1) is 0 Å². The van der Waals surface area contributed by atoms with E-state index in [2.05, 4.69) is 27.3 Å². The molecule has 0 spiro atoms. The van der Waals surface area contributed by atoms with Gasteiger partial charge in [0.1, 0.15) is 0 Å². The molecule has 33 heavy (non-hydrogen) atoms. The van der Waals surface area contributed by atoms with E-state index in [1.54, 1.807) is 24.5 Å². The van der Waals surface area contributed by atoms with Crippen molar-refractivity contribution in [3.63, 3.8) is 0 Å². The second-order valence-electron chi connectivity index (χ2n) is 7.60. The van der Waals surface area contributed by atoms with Crippen molar-refractivity contribution in [2.24, 2.45) is 0 Å². The van der Waals surface area contributed by atoms with Gasteiger partial charge in [-0.15, -0.1) is 10.2 Å². The molecule has 0 N–H and O–H groups in total. The van der Waals surface area contributed by atoms with Crippen molar-refractivity contribution in [1.29, 1.82) is 0 Å². The average Bonchev–Trinajstić information content (AvgIpc) is 3.28. The lowest BCUT2D eigenvalue weighted by molar-refractivity contribution is -0.129. The van der Waals surface area contributed by atoms with Crippen LogP contribution in [0.15, 0.2) is 72.1 Å². The summed E-state index contributed by atoms with van der Waals surface area (Å²) < 4.78 is 1.89. The number of amides is 1. The molecule has 0 atom stereocenters. The zero-order chi connectivity index (χ0) is 22.8. The second-order valence-corrected chi connectivity index (χ2v) is 9.36. The monoisotopic (exact) mass is 495 g/mol. The Labute approximate surface area is 205 Å². The van der Waals surface area contributed by atoms with E-state index in [1.807, 2.05) is 39.8 Å². The number of hydrogen-bond donors (Lipinski definition) is 0. The molecule has 9 heteroatoms. The van der Waals surface area contributed by atoms with Crippen LogP contribution in [0.25, 0.3) is 17.1 Å². The van der Waals surface area contributed by atoms with Crippen LogP contribution in [0.2, 0.25) is 10.0 Å². The molecule has 1 aliphatic rings. The zero-order valence-electron chi connectivity index (χ0n) is 17.5. The molecule has 6 nitrogen and oxygen atoms in total. The topological polar surface area (TPSA) is 63.9 Å². The summed E-state index contributed by atoms with van der Waals surface area (Å²) in [5.41, 5.74) is 4.15. The van der Waals surface area contributed by atoms with Crippen molar-refractivity contribution < 1.29 is 4.79 Å². The van der Waals surface area contributed by atoms with Gasteiger partial charge in [0.15, 0.2) is 11.0 Å². The SMILES string of the molecule is O=C(CSc1nnc(-c2ccncc2)n1-c1ccc(Cl)c(Cl)c1)N1CCc2ccccc2C1. The summed E-state index contributed by atoms with van der Waals surface area (Å²) in [5.74, 6) is 0.971. The third-order valence-corrected chi connectivity index (χ3v) is 7.19. The summed E-state index contributed by atoms with van der Waals surface area (Å²) in [6.07, 6.45) is 4.28. The van der Waals surface area contributed by atoms with Crippen LogP contribution >= 0.6 is 35.0 Å². The predicted octanol–water partition coefficient (Wildman–Crippen LogP) is 5.31. The summed E-state index contributed by atoms with van der Waals surface area (Å²) in [5, 5.41) is 10.3. The van der Waals surface area contributed by atoms with Crippen LogP contribution in [0.3, 0.4) is 0 Å². The predicted molar refractivity (Wildman–Crippen MR) is 131 cm³/mol. The minimum Gasteiger partial charge on any atom is -0.337 e. The summed E-state index contributed by atoms with van der Waals surface area (Å²) in [6.45, 7) is 1.36. The lowest BCUT2D eigenvalue weighted by Crippen LogP contribution is -2.37. The lowest BCUT2D eigenvalue weighted by Gasteiger charge is -2.28. The first-order valence-corrected chi connectivity index (χ1v) is 12.1. The maximum Gasteiger partial charge on any atom is 0.233 e. The van der Waals surface area contributed by atoms with Gasteiger partial charge in [0, 0.05) is 31.0 Å². The molecule has 2 aromatic carbocycles. The molecule has 4 aromatic rings. The number of nitrogens with zero attached hydrogens (tertiary/aromatic N) is 5. The summed E-state index contributed by atoms with van der Waals surface area (Å²) >= 11 is 13.8. The van der Waals surface area contributed by atoms with Gasteiger partial charge in [-0.1, -0.05) is 59.2 Å². The fraction of sp³-hybridized carbons (Fsp3) is 0.167. The van der Waals surface area contributed by atoms with Crippen LogP contribution in [0.4, 0.5) is 0 Å². The maximum atomic E-state index is 13.0. The molecule has 1 aliphatic heterocycles. The highest BCUT2D eigenvalue weighted by Gasteiger charge is 2.23. The van der Waals surface area contributed by atoms with Crippen LogP contribution < -0.4 is 0 Å². The van der Waals surface area contributed by atoms with E-state index in [9.17, 15) is 4.79 Å². The Balaban J connectivity index is 1.41. The number of fused-ring (bicyclic) bond motifs is 1. The summed E-state index contributed by atoms with van der Waals surface area (Å²) in [4.78, 5) is 19.0. The van der Waals surface area contributed by atoms with Gasteiger partial charge in [0.05, 0.1) is 21.5 Å². The van der Waals surface area contributed by atoms with E-state index < -0.39 is 0 Å². The van der Waals surface area contributed by atoms with Gasteiger partial charge in [-0.05, 0) is 47.9 Å². The molecule has 0 saturated heterocycles. The van der Waals surface area contributed by atoms with Crippen molar-refractivity contribution in [2.45, 2.75) is 18.1 Å². The number of halogens is 2. The molecule has 0 saturated carbocycles. The maximum absolute atomic E-state index is 13.0. The Morgan fingerprint density at radius 3 is 2.55 bits per heavy atom. The third-order valence-electron chi connectivity index (χ3n) is 5.54. The molecule has 3 heterocycles. The van der Waals surface area contributed by atoms with Crippen LogP contribution in [0.5, 0.6) is 0 Å². The normalized spacial score (nSPS) is 13.1. The van der Waals surface area contributed by atoms with Crippen molar-refractivity contribution >= 4 is 40.9 Å². The van der Waals surface area contributed by atoms with E-state index in [0.29, 0.717) is 27.6 Å². The average molecular weight is 496 g/mol. The van der Waals surface area contributed by atoms with E-state index in [1.165, 1.54) is 22.9 Å². The standard InChI is InChI=1S/C24H19Cl2N5OS/c25-20-6-5-19(13-21(20)26)31-23(17-7-10-27-11-8-17)28-29-24(31)33-15-22(32)30-12-9-16-3-1-2-4-18(16)14-30/h1-8,10-11,13H,9,12,14-15H2. The molecular weight excluding hydrogens is 477 g/mol. The van der Waals surface area contributed by atoms with Gasteiger partial charge in [0.25, 0.3) is 0 Å². The molecule has 2 aromatic heterocycles. The van der Waals surface area contributed by atoms with Gasteiger partial charge < -0.3 is 4.90 Å². The van der Waals surface area contributed by atoms with E-state index in [-0.39, 0.29) is 11.7 Å². The first kappa shape index (κ1) is 21.9. The second kappa shape index (κ2) is 9.55. The Morgan fingerprint density at radius 1 is 0.970 bits per heavy atom. The highest BCUT2D eigenvalue weighted by atomic mass is 35.5. The Hall–Kier alpha value is -2.87. The van der Waals surface area contributed by atoms with Gasteiger partial charge in [-0.2, -0.15) is 0 Å². The number of carbonyl (C=O) groups is 1. The minimum atomic E-state index is 0.0728. The molecule has 0 aliphatic carbocycles. The van der Waals surface area contributed by atoms with Gasteiger partial charge in [-0.3, -0.25) is 14.3 Å². The van der Waals surface area contributed by atoms with Crippen molar-refractivity contribution in [1.82, 2.24) is 24.6 Å². The molecule has 0 unspecified atom stereocenters. The lowest BCUT2D eigenvalue weighted by atomic mass is 10.00. The number of pyridine rings is 1. The summed E-state index contributed by atoms with van der Waals surface area (Å²) in [7, 11) is 0. The summed E-state index contributed by atoms with van der Waals surface area (Å²) in [6, 6.07) is 17.4. The number of aromatic nitrogens is 4. The molecular formula is C24H19Cl2N5OS. The van der Waals surface area contributed by atoms with Crippen molar-refractivity contribution in [2.75, 3.05) is 12.3 Å². The smallest absolute Gasteiger partial charge is 0.233 e. The number of carbonyl (C=O) groups excluding carboxylic acids is 1. The first-order chi connectivity index (χ1) is 16.1. The molecule has 0 bridgehead atoms.